The first kappa shape index (κ1) is 24.1. The van der Waals surface area contributed by atoms with Crippen LogP contribution in [0.5, 0.6) is 0 Å². The van der Waals surface area contributed by atoms with Crippen LogP contribution < -0.4 is 4.90 Å². The topological polar surface area (TPSA) is 87.2 Å². The van der Waals surface area contributed by atoms with E-state index >= 15 is 0 Å². The molecule has 3 aliphatic heterocycles. The van der Waals surface area contributed by atoms with E-state index < -0.39 is 28.7 Å². The second-order valence-corrected chi connectivity index (χ2v) is 10.8. The highest BCUT2D eigenvalue weighted by molar-refractivity contribution is 8.02. The summed E-state index contributed by atoms with van der Waals surface area (Å²) >= 11 is 8.00. The number of fused-ring (bicyclic) bond motifs is 1. The number of nitrogens with zero attached hydrogens (tertiary/aromatic N) is 2. The summed E-state index contributed by atoms with van der Waals surface area (Å²) in [6, 6.07) is 5.65. The molecule has 0 aliphatic carbocycles. The molecule has 2 unspecified atom stereocenters. The lowest BCUT2D eigenvalue weighted by Crippen LogP contribution is -2.57. The number of carbonyl (C=O) groups is 3. The third-order valence-electron chi connectivity index (χ3n) is 6.99. The molecule has 0 saturated carbocycles. The van der Waals surface area contributed by atoms with Gasteiger partial charge in [0.05, 0.1) is 46.5 Å². The van der Waals surface area contributed by atoms with Crippen LogP contribution in [0.1, 0.15) is 26.7 Å². The standard InChI is InChI=1S/C24H29ClN2O5S/c1-4-12-26(16-9-7-6-8-15(16)25)22(30)20-24-11-10-17(33-24)18(23(31)32-5-2)19(24)21(29)27(20)14(3)13-28/h4,6-9,14,17-20,28H,1,5,10-13H2,2-3H3/t14-,17+,18-,19+,20?,24?/m1/s1. The number of carbonyl (C=O) groups excluding carboxylic acids is 3. The molecule has 0 aromatic heterocycles. The molecule has 33 heavy (non-hydrogen) atoms. The Morgan fingerprint density at radius 3 is 2.82 bits per heavy atom. The summed E-state index contributed by atoms with van der Waals surface area (Å²) in [6.07, 6.45) is 2.99. The van der Waals surface area contributed by atoms with Crippen LogP contribution in [0, 0.1) is 11.8 Å². The Hall–Kier alpha value is -2.03. The van der Waals surface area contributed by atoms with Crippen LogP contribution in [0.4, 0.5) is 5.69 Å². The van der Waals surface area contributed by atoms with Crippen molar-refractivity contribution < 1.29 is 24.2 Å². The highest BCUT2D eigenvalue weighted by atomic mass is 35.5. The monoisotopic (exact) mass is 492 g/mol. The van der Waals surface area contributed by atoms with Crippen LogP contribution in [0.2, 0.25) is 5.02 Å². The molecule has 3 aliphatic rings. The van der Waals surface area contributed by atoms with Crippen molar-refractivity contribution in [3.63, 3.8) is 0 Å². The molecule has 3 fully saturated rings. The predicted molar refractivity (Wildman–Crippen MR) is 128 cm³/mol. The summed E-state index contributed by atoms with van der Waals surface area (Å²) in [4.78, 5) is 43.9. The van der Waals surface area contributed by atoms with Gasteiger partial charge in [-0.3, -0.25) is 14.4 Å². The molecule has 1 spiro atoms. The van der Waals surface area contributed by atoms with E-state index in [0.717, 1.165) is 6.42 Å². The Kier molecular flexibility index (Phi) is 6.80. The number of anilines is 1. The molecule has 0 radical (unpaired) electrons. The van der Waals surface area contributed by atoms with Crippen LogP contribution in [0.25, 0.3) is 0 Å². The quantitative estimate of drug-likeness (QED) is 0.443. The molecule has 7 nitrogen and oxygen atoms in total. The van der Waals surface area contributed by atoms with Crippen molar-refractivity contribution in [2.75, 3.05) is 24.7 Å². The summed E-state index contributed by atoms with van der Waals surface area (Å²) in [5, 5.41) is 10.3. The van der Waals surface area contributed by atoms with Gasteiger partial charge in [0.25, 0.3) is 5.91 Å². The van der Waals surface area contributed by atoms with Crippen LogP contribution in [0.3, 0.4) is 0 Å². The van der Waals surface area contributed by atoms with Gasteiger partial charge in [0.15, 0.2) is 0 Å². The maximum absolute atomic E-state index is 14.2. The maximum Gasteiger partial charge on any atom is 0.310 e. The van der Waals surface area contributed by atoms with Crippen molar-refractivity contribution in [2.24, 2.45) is 11.8 Å². The fourth-order valence-electron chi connectivity index (χ4n) is 5.69. The summed E-state index contributed by atoms with van der Waals surface area (Å²) in [7, 11) is 0. The zero-order valence-corrected chi connectivity index (χ0v) is 20.3. The van der Waals surface area contributed by atoms with E-state index in [9.17, 15) is 19.5 Å². The fourth-order valence-corrected chi connectivity index (χ4v) is 8.12. The highest BCUT2D eigenvalue weighted by Gasteiger charge is 2.74. The van der Waals surface area contributed by atoms with E-state index in [1.165, 1.54) is 4.90 Å². The van der Waals surface area contributed by atoms with E-state index in [-0.39, 0.29) is 42.8 Å². The lowest BCUT2D eigenvalue weighted by molar-refractivity contribution is -0.154. The van der Waals surface area contributed by atoms with E-state index in [4.69, 9.17) is 16.3 Å². The summed E-state index contributed by atoms with van der Waals surface area (Å²) in [5.74, 6) is -2.17. The van der Waals surface area contributed by atoms with Gasteiger partial charge in [-0.2, -0.15) is 0 Å². The number of hydrogen-bond donors (Lipinski definition) is 1. The van der Waals surface area contributed by atoms with Crippen LogP contribution in [-0.4, -0.2) is 69.6 Å². The Labute approximate surface area is 203 Å². The molecule has 178 valence electrons. The van der Waals surface area contributed by atoms with Crippen LogP contribution in [0.15, 0.2) is 36.9 Å². The largest absolute Gasteiger partial charge is 0.466 e. The molecule has 1 N–H and O–H groups in total. The van der Waals surface area contributed by atoms with Gasteiger partial charge in [0.1, 0.15) is 6.04 Å². The first-order valence-electron chi connectivity index (χ1n) is 11.3. The number of aliphatic hydroxyl groups excluding tert-OH is 1. The van der Waals surface area contributed by atoms with Crippen molar-refractivity contribution in [3.05, 3.63) is 41.9 Å². The molecular weight excluding hydrogens is 464 g/mol. The van der Waals surface area contributed by atoms with E-state index in [2.05, 4.69) is 6.58 Å². The SMILES string of the molecule is C=CCN(C(=O)C1N([C@H](C)CO)C(=O)[C@@H]2[C@H](C(=O)OCC)[C@@H]3CCC12S3)c1ccccc1Cl. The van der Waals surface area contributed by atoms with E-state index in [1.54, 1.807) is 60.9 Å². The molecule has 9 heteroatoms. The van der Waals surface area contributed by atoms with Crippen molar-refractivity contribution in [1.29, 1.82) is 0 Å². The number of esters is 1. The van der Waals surface area contributed by atoms with Crippen LogP contribution in [-0.2, 0) is 19.1 Å². The number of hydrogen-bond acceptors (Lipinski definition) is 6. The lowest BCUT2D eigenvalue weighted by atomic mass is 9.71. The highest BCUT2D eigenvalue weighted by Crippen LogP contribution is 2.67. The number of benzene rings is 1. The van der Waals surface area contributed by atoms with Gasteiger partial charge < -0.3 is 19.6 Å². The van der Waals surface area contributed by atoms with Gasteiger partial charge in [0.2, 0.25) is 5.91 Å². The average Bonchev–Trinajstić information content (AvgIpc) is 3.44. The Balaban J connectivity index is 1.80. The number of rotatable bonds is 8. The summed E-state index contributed by atoms with van der Waals surface area (Å²) < 4.78 is 4.57. The lowest BCUT2D eigenvalue weighted by Gasteiger charge is -2.39. The Morgan fingerprint density at radius 1 is 1.45 bits per heavy atom. The van der Waals surface area contributed by atoms with Gasteiger partial charge in [-0.15, -0.1) is 18.3 Å². The average molecular weight is 493 g/mol. The number of aliphatic hydroxyl groups is 1. The zero-order valence-electron chi connectivity index (χ0n) is 18.8. The van der Waals surface area contributed by atoms with Crippen LogP contribution >= 0.6 is 23.4 Å². The first-order valence-corrected chi connectivity index (χ1v) is 12.5. The van der Waals surface area contributed by atoms with Gasteiger partial charge >= 0.3 is 5.97 Å². The molecule has 4 rings (SSSR count). The smallest absolute Gasteiger partial charge is 0.310 e. The normalized spacial score (nSPS) is 30.8. The number of halogens is 1. The molecule has 2 bridgehead atoms. The first-order chi connectivity index (χ1) is 15.8. The molecule has 1 aromatic carbocycles. The van der Waals surface area contributed by atoms with E-state index in [0.29, 0.717) is 17.1 Å². The number of likely N-dealkylation sites (tertiary alicyclic amines) is 1. The van der Waals surface area contributed by atoms with Crippen molar-refractivity contribution >= 4 is 46.8 Å². The Morgan fingerprint density at radius 2 is 2.18 bits per heavy atom. The van der Waals surface area contributed by atoms with Gasteiger partial charge in [-0.25, -0.2) is 0 Å². The Bertz CT molecular complexity index is 974. The summed E-state index contributed by atoms with van der Waals surface area (Å²) in [5.41, 5.74) is 0.535. The zero-order chi connectivity index (χ0) is 23.9. The molecule has 3 saturated heterocycles. The molecular formula is C24H29ClN2O5S. The van der Waals surface area contributed by atoms with Gasteiger partial charge in [-0.1, -0.05) is 29.8 Å². The number of ether oxygens (including phenoxy) is 1. The number of para-hydroxylation sites is 1. The maximum atomic E-state index is 14.2. The van der Waals surface area contributed by atoms with Crippen molar-refractivity contribution in [2.45, 2.75) is 48.8 Å². The minimum atomic E-state index is -0.831. The predicted octanol–water partition coefficient (Wildman–Crippen LogP) is 2.89. The molecule has 1 aromatic rings. The van der Waals surface area contributed by atoms with Gasteiger partial charge in [-0.05, 0) is 38.8 Å². The summed E-state index contributed by atoms with van der Waals surface area (Å²) in [6.45, 7) is 7.42. The third-order valence-corrected chi connectivity index (χ3v) is 9.26. The number of thioether (sulfide) groups is 1. The van der Waals surface area contributed by atoms with Gasteiger partial charge in [0, 0.05) is 11.8 Å². The minimum Gasteiger partial charge on any atom is -0.466 e. The molecule has 3 heterocycles. The fraction of sp³-hybridized carbons (Fsp3) is 0.542. The van der Waals surface area contributed by atoms with Crippen molar-refractivity contribution in [1.82, 2.24) is 4.90 Å². The third kappa shape index (κ3) is 3.67. The second-order valence-electron chi connectivity index (χ2n) is 8.77. The second kappa shape index (κ2) is 9.31. The molecule has 2 amide bonds. The van der Waals surface area contributed by atoms with E-state index in [1.807, 2.05) is 0 Å². The molecule has 6 atom stereocenters. The van der Waals surface area contributed by atoms with Crippen molar-refractivity contribution in [3.8, 4) is 0 Å². The minimum absolute atomic E-state index is 0.0620. The number of amides is 2.